The van der Waals surface area contributed by atoms with Crippen LogP contribution < -0.4 is 15.8 Å². The molecule has 1 aliphatic heterocycles. The third-order valence-electron chi connectivity index (χ3n) is 3.66. The molecule has 0 spiro atoms. The van der Waals surface area contributed by atoms with E-state index in [-0.39, 0.29) is 18.1 Å². The number of nitrogens with one attached hydrogen (secondary N) is 1. The number of benzene rings is 1. The van der Waals surface area contributed by atoms with Crippen molar-refractivity contribution >= 4 is 5.91 Å². The summed E-state index contributed by atoms with van der Waals surface area (Å²) in [4.78, 5) is 12.1. The molecule has 0 radical (unpaired) electrons. The summed E-state index contributed by atoms with van der Waals surface area (Å²) < 4.78 is 10.9. The lowest BCUT2D eigenvalue weighted by atomic mass is 10.0. The van der Waals surface area contributed by atoms with Crippen molar-refractivity contribution in [3.8, 4) is 5.75 Å². The Morgan fingerprint density at radius 1 is 1.32 bits per heavy atom. The third kappa shape index (κ3) is 5.31. The number of amides is 1. The summed E-state index contributed by atoms with van der Waals surface area (Å²) in [5, 5.41) is 3.01. The fourth-order valence-corrected chi connectivity index (χ4v) is 2.47. The van der Waals surface area contributed by atoms with E-state index < -0.39 is 6.04 Å². The van der Waals surface area contributed by atoms with Crippen LogP contribution in [0.1, 0.15) is 32.3 Å². The Balaban J connectivity index is 1.82. The fraction of sp³-hybridized carbons (Fsp3) is 0.588. The van der Waals surface area contributed by atoms with Crippen LogP contribution in [-0.2, 0) is 16.0 Å². The average molecular weight is 306 g/mol. The van der Waals surface area contributed by atoms with E-state index in [0.717, 1.165) is 24.2 Å². The van der Waals surface area contributed by atoms with Gasteiger partial charge in [-0.2, -0.15) is 0 Å². The average Bonchev–Trinajstić information content (AvgIpc) is 2.49. The lowest BCUT2D eigenvalue weighted by Crippen LogP contribution is -2.48. The molecule has 1 heterocycles. The summed E-state index contributed by atoms with van der Waals surface area (Å²) >= 11 is 0. The summed E-state index contributed by atoms with van der Waals surface area (Å²) in [6.07, 6.45) is 2.40. The van der Waals surface area contributed by atoms with E-state index in [1.807, 2.05) is 38.1 Å². The smallest absolute Gasteiger partial charge is 0.237 e. The van der Waals surface area contributed by atoms with E-state index in [9.17, 15) is 4.79 Å². The van der Waals surface area contributed by atoms with Crippen molar-refractivity contribution < 1.29 is 14.3 Å². The number of hydrogen-bond acceptors (Lipinski definition) is 4. The van der Waals surface area contributed by atoms with Gasteiger partial charge in [-0.3, -0.25) is 4.79 Å². The van der Waals surface area contributed by atoms with Crippen molar-refractivity contribution in [2.45, 2.75) is 51.3 Å². The molecule has 1 aliphatic rings. The van der Waals surface area contributed by atoms with Gasteiger partial charge < -0.3 is 20.5 Å². The van der Waals surface area contributed by atoms with Crippen molar-refractivity contribution in [3.05, 3.63) is 29.8 Å². The molecular weight excluding hydrogens is 280 g/mol. The maximum Gasteiger partial charge on any atom is 0.237 e. The van der Waals surface area contributed by atoms with Crippen LogP contribution in [0.2, 0.25) is 0 Å². The first-order valence-corrected chi connectivity index (χ1v) is 7.94. The van der Waals surface area contributed by atoms with Crippen molar-refractivity contribution in [2.24, 2.45) is 5.73 Å². The van der Waals surface area contributed by atoms with Crippen molar-refractivity contribution in [2.75, 3.05) is 13.2 Å². The highest BCUT2D eigenvalue weighted by Crippen LogP contribution is 2.15. The molecule has 3 N–H and O–H groups in total. The van der Waals surface area contributed by atoms with Gasteiger partial charge >= 0.3 is 0 Å². The normalized spacial score (nSPS) is 17.3. The second-order valence-corrected chi connectivity index (χ2v) is 6.02. The van der Waals surface area contributed by atoms with Crippen LogP contribution in [-0.4, -0.2) is 37.3 Å². The summed E-state index contributed by atoms with van der Waals surface area (Å²) in [6, 6.07) is 7.41. The van der Waals surface area contributed by atoms with Gasteiger partial charge in [-0.1, -0.05) is 12.1 Å². The standard InChI is InChI=1S/C17H26N2O3/c1-12(2)22-15-5-3-13(4-6-15)11-16(18)17(20)19-14-7-9-21-10-8-14/h3-6,12,14,16H,7-11,18H2,1-2H3,(H,19,20)/t16-/m0/s1. The molecule has 1 saturated heterocycles. The fourth-order valence-electron chi connectivity index (χ4n) is 2.47. The van der Waals surface area contributed by atoms with E-state index in [2.05, 4.69) is 5.32 Å². The number of carbonyl (C=O) groups excluding carboxylic acids is 1. The Morgan fingerprint density at radius 3 is 2.55 bits per heavy atom. The number of carbonyl (C=O) groups is 1. The van der Waals surface area contributed by atoms with Crippen LogP contribution in [0.3, 0.4) is 0 Å². The molecule has 1 amide bonds. The Labute approximate surface area is 132 Å². The van der Waals surface area contributed by atoms with Gasteiger partial charge in [0.05, 0.1) is 12.1 Å². The molecule has 5 heteroatoms. The first-order valence-electron chi connectivity index (χ1n) is 7.94. The monoisotopic (exact) mass is 306 g/mol. The molecule has 2 rings (SSSR count). The van der Waals surface area contributed by atoms with Crippen molar-refractivity contribution in [1.29, 1.82) is 0 Å². The molecule has 1 aromatic carbocycles. The molecule has 1 fully saturated rings. The Morgan fingerprint density at radius 2 is 1.95 bits per heavy atom. The predicted molar refractivity (Wildman–Crippen MR) is 85.9 cm³/mol. The van der Waals surface area contributed by atoms with Gasteiger partial charge in [-0.25, -0.2) is 0 Å². The number of ether oxygens (including phenoxy) is 2. The third-order valence-corrected chi connectivity index (χ3v) is 3.66. The highest BCUT2D eigenvalue weighted by atomic mass is 16.5. The Bertz CT molecular complexity index is 467. The first kappa shape index (κ1) is 16.8. The van der Waals surface area contributed by atoms with Gasteiger partial charge in [-0.15, -0.1) is 0 Å². The molecule has 0 aromatic heterocycles. The van der Waals surface area contributed by atoms with Crippen LogP contribution in [0.25, 0.3) is 0 Å². The van der Waals surface area contributed by atoms with Gasteiger partial charge in [0.25, 0.3) is 0 Å². The number of hydrogen-bond donors (Lipinski definition) is 2. The molecule has 0 aliphatic carbocycles. The largest absolute Gasteiger partial charge is 0.491 e. The predicted octanol–water partition coefficient (Wildman–Crippen LogP) is 1.64. The topological polar surface area (TPSA) is 73.6 Å². The SMILES string of the molecule is CC(C)Oc1ccc(C[C@H](N)C(=O)NC2CCOCC2)cc1. The van der Waals surface area contributed by atoms with Crippen molar-refractivity contribution in [3.63, 3.8) is 0 Å². The second-order valence-electron chi connectivity index (χ2n) is 6.02. The Hall–Kier alpha value is -1.59. The molecule has 0 unspecified atom stereocenters. The molecule has 122 valence electrons. The zero-order valence-electron chi connectivity index (χ0n) is 13.4. The molecule has 0 bridgehead atoms. The van der Waals surface area contributed by atoms with Crippen LogP contribution >= 0.6 is 0 Å². The van der Waals surface area contributed by atoms with Gasteiger partial charge in [0.1, 0.15) is 5.75 Å². The first-order chi connectivity index (χ1) is 10.5. The quantitative estimate of drug-likeness (QED) is 0.838. The summed E-state index contributed by atoms with van der Waals surface area (Å²) in [6.45, 7) is 5.39. The molecule has 1 aromatic rings. The molecule has 1 atom stereocenters. The highest BCUT2D eigenvalue weighted by molar-refractivity contribution is 5.82. The van der Waals surface area contributed by atoms with E-state index in [1.54, 1.807) is 0 Å². The van der Waals surface area contributed by atoms with E-state index >= 15 is 0 Å². The molecule has 5 nitrogen and oxygen atoms in total. The number of rotatable bonds is 6. The minimum Gasteiger partial charge on any atom is -0.491 e. The zero-order valence-corrected chi connectivity index (χ0v) is 13.4. The lowest BCUT2D eigenvalue weighted by Gasteiger charge is -2.24. The summed E-state index contributed by atoms with van der Waals surface area (Å²) in [5.41, 5.74) is 7.04. The maximum absolute atomic E-state index is 12.1. The van der Waals surface area contributed by atoms with Gasteiger partial charge in [0, 0.05) is 19.3 Å². The lowest BCUT2D eigenvalue weighted by molar-refractivity contribution is -0.123. The van der Waals surface area contributed by atoms with E-state index in [1.165, 1.54) is 0 Å². The summed E-state index contributed by atoms with van der Waals surface area (Å²) in [7, 11) is 0. The van der Waals surface area contributed by atoms with E-state index in [0.29, 0.717) is 19.6 Å². The van der Waals surface area contributed by atoms with Crippen LogP contribution in [0, 0.1) is 0 Å². The van der Waals surface area contributed by atoms with Gasteiger partial charge in [0.15, 0.2) is 0 Å². The molecular formula is C17H26N2O3. The highest BCUT2D eigenvalue weighted by Gasteiger charge is 2.20. The van der Waals surface area contributed by atoms with Crippen LogP contribution in [0.4, 0.5) is 0 Å². The zero-order chi connectivity index (χ0) is 15.9. The second kappa shape index (κ2) is 8.15. The summed E-state index contributed by atoms with van der Waals surface area (Å²) in [5.74, 6) is 0.744. The van der Waals surface area contributed by atoms with E-state index in [4.69, 9.17) is 15.2 Å². The van der Waals surface area contributed by atoms with Gasteiger partial charge in [0.2, 0.25) is 5.91 Å². The minimum atomic E-state index is -0.528. The number of nitrogens with two attached hydrogens (primary N) is 1. The van der Waals surface area contributed by atoms with Gasteiger partial charge in [-0.05, 0) is 50.8 Å². The van der Waals surface area contributed by atoms with Crippen LogP contribution in [0.15, 0.2) is 24.3 Å². The maximum atomic E-state index is 12.1. The Kier molecular flexibility index (Phi) is 6.21. The minimum absolute atomic E-state index is 0.0885. The molecule has 0 saturated carbocycles. The van der Waals surface area contributed by atoms with Crippen molar-refractivity contribution in [1.82, 2.24) is 5.32 Å². The molecule has 22 heavy (non-hydrogen) atoms. The van der Waals surface area contributed by atoms with Crippen LogP contribution in [0.5, 0.6) is 5.75 Å².